The standard InChI is InChI=1S/C20H16ClIN2O4S2/c1-10-12(21)4-3-5-14(10)23-17(25)9-28-18-13(22)6-11(7-15(18)27-2)8-16-19(26)24-20(29)30-16/h3-8H,9H2,1-2H3,(H,23,25)(H,24,26,29)/b16-8-. The van der Waals surface area contributed by atoms with Gasteiger partial charge in [-0.05, 0) is 71.0 Å². The molecule has 1 fully saturated rings. The highest BCUT2D eigenvalue weighted by molar-refractivity contribution is 14.1. The number of methoxy groups -OCH3 is 1. The second-order valence-corrected chi connectivity index (χ2v) is 9.42. The molecular formula is C20H16ClIN2O4S2. The zero-order valence-corrected chi connectivity index (χ0v) is 20.4. The molecule has 1 heterocycles. The molecule has 1 saturated heterocycles. The molecule has 0 spiro atoms. The number of rotatable bonds is 6. The summed E-state index contributed by atoms with van der Waals surface area (Å²) in [6.07, 6.45) is 1.72. The molecule has 10 heteroatoms. The van der Waals surface area contributed by atoms with Gasteiger partial charge >= 0.3 is 0 Å². The van der Waals surface area contributed by atoms with E-state index in [0.29, 0.717) is 31.4 Å². The molecule has 0 atom stereocenters. The number of benzene rings is 2. The SMILES string of the molecule is COc1cc(/C=C2\SC(=S)NC2=O)cc(I)c1OCC(=O)Nc1cccc(Cl)c1C. The smallest absolute Gasteiger partial charge is 0.263 e. The van der Waals surface area contributed by atoms with Crippen LogP contribution in [-0.4, -0.2) is 29.9 Å². The maximum absolute atomic E-state index is 12.3. The lowest BCUT2D eigenvalue weighted by Crippen LogP contribution is -2.21. The first-order chi connectivity index (χ1) is 14.3. The Kier molecular flexibility index (Phi) is 7.61. The van der Waals surface area contributed by atoms with E-state index in [1.165, 1.54) is 18.9 Å². The number of anilines is 1. The molecule has 1 aliphatic heterocycles. The Morgan fingerprint density at radius 1 is 1.40 bits per heavy atom. The fraction of sp³-hybridized carbons (Fsp3) is 0.150. The van der Waals surface area contributed by atoms with Crippen LogP contribution in [0.15, 0.2) is 35.2 Å². The van der Waals surface area contributed by atoms with Crippen LogP contribution in [0.25, 0.3) is 6.08 Å². The molecule has 3 rings (SSSR count). The van der Waals surface area contributed by atoms with Gasteiger partial charge in [0, 0.05) is 10.7 Å². The summed E-state index contributed by atoms with van der Waals surface area (Å²) in [4.78, 5) is 24.7. The number of amides is 2. The van der Waals surface area contributed by atoms with Crippen molar-refractivity contribution in [1.29, 1.82) is 0 Å². The highest BCUT2D eigenvalue weighted by Gasteiger charge is 2.22. The van der Waals surface area contributed by atoms with Gasteiger partial charge in [-0.2, -0.15) is 0 Å². The normalized spacial score (nSPS) is 14.6. The number of thiocarbonyl (C=S) groups is 1. The Labute approximate surface area is 201 Å². The summed E-state index contributed by atoms with van der Waals surface area (Å²) in [5.41, 5.74) is 2.17. The summed E-state index contributed by atoms with van der Waals surface area (Å²) in [7, 11) is 1.51. The number of nitrogens with one attached hydrogen (secondary N) is 2. The quantitative estimate of drug-likeness (QED) is 0.294. The highest BCUT2D eigenvalue weighted by atomic mass is 127. The lowest BCUT2D eigenvalue weighted by Gasteiger charge is -2.14. The average molecular weight is 575 g/mol. The van der Waals surface area contributed by atoms with Gasteiger partial charge in [-0.15, -0.1) is 0 Å². The Hall–Kier alpha value is -1.82. The molecule has 0 unspecified atom stereocenters. The second-order valence-electron chi connectivity index (χ2n) is 6.14. The van der Waals surface area contributed by atoms with Crippen LogP contribution in [0.3, 0.4) is 0 Å². The van der Waals surface area contributed by atoms with E-state index < -0.39 is 0 Å². The summed E-state index contributed by atoms with van der Waals surface area (Å²) in [6.45, 7) is 1.62. The van der Waals surface area contributed by atoms with Gasteiger partial charge in [-0.3, -0.25) is 9.59 Å². The van der Waals surface area contributed by atoms with E-state index in [9.17, 15) is 9.59 Å². The monoisotopic (exact) mass is 574 g/mol. The van der Waals surface area contributed by atoms with Gasteiger partial charge in [0.15, 0.2) is 18.1 Å². The van der Waals surface area contributed by atoms with E-state index >= 15 is 0 Å². The zero-order valence-electron chi connectivity index (χ0n) is 15.9. The van der Waals surface area contributed by atoms with E-state index in [1.54, 1.807) is 30.3 Å². The maximum atomic E-state index is 12.3. The summed E-state index contributed by atoms with van der Waals surface area (Å²) in [5.74, 6) is 0.341. The predicted octanol–water partition coefficient (Wildman–Crippen LogP) is 4.77. The lowest BCUT2D eigenvalue weighted by molar-refractivity contribution is -0.118. The minimum absolute atomic E-state index is 0.203. The molecule has 2 aromatic rings. The van der Waals surface area contributed by atoms with Crippen LogP contribution in [-0.2, 0) is 9.59 Å². The van der Waals surface area contributed by atoms with Gasteiger partial charge in [-0.1, -0.05) is 41.6 Å². The first kappa shape index (κ1) is 22.9. The molecule has 6 nitrogen and oxygen atoms in total. The largest absolute Gasteiger partial charge is 0.493 e. The van der Waals surface area contributed by atoms with Gasteiger partial charge in [0.25, 0.3) is 11.8 Å². The van der Waals surface area contributed by atoms with Crippen LogP contribution in [0.4, 0.5) is 5.69 Å². The Balaban J connectivity index is 1.74. The van der Waals surface area contributed by atoms with Crippen molar-refractivity contribution in [2.45, 2.75) is 6.92 Å². The van der Waals surface area contributed by atoms with Crippen LogP contribution < -0.4 is 20.1 Å². The molecule has 1 aliphatic rings. The van der Waals surface area contributed by atoms with Crippen LogP contribution in [0.1, 0.15) is 11.1 Å². The van der Waals surface area contributed by atoms with Crippen LogP contribution >= 0.6 is 58.2 Å². The maximum Gasteiger partial charge on any atom is 0.263 e. The molecule has 0 aromatic heterocycles. The van der Waals surface area contributed by atoms with Crippen molar-refractivity contribution in [2.75, 3.05) is 19.0 Å². The first-order valence-electron chi connectivity index (χ1n) is 8.58. The minimum Gasteiger partial charge on any atom is -0.493 e. The summed E-state index contributed by atoms with van der Waals surface area (Å²) < 4.78 is 12.3. The molecule has 2 aromatic carbocycles. The third kappa shape index (κ3) is 5.45. The third-order valence-electron chi connectivity index (χ3n) is 4.08. The van der Waals surface area contributed by atoms with Gasteiger partial charge in [0.05, 0.1) is 15.6 Å². The van der Waals surface area contributed by atoms with Crippen molar-refractivity contribution >= 4 is 86.1 Å². The number of hydrogen-bond donors (Lipinski definition) is 2. The minimum atomic E-state index is -0.322. The topological polar surface area (TPSA) is 76.7 Å². The molecule has 0 radical (unpaired) electrons. The van der Waals surface area contributed by atoms with Crippen molar-refractivity contribution in [2.24, 2.45) is 0 Å². The van der Waals surface area contributed by atoms with E-state index in [-0.39, 0.29) is 18.4 Å². The van der Waals surface area contributed by atoms with Gasteiger partial charge in [0.2, 0.25) is 0 Å². The second kappa shape index (κ2) is 9.99. The lowest BCUT2D eigenvalue weighted by atomic mass is 10.2. The number of carbonyl (C=O) groups excluding carboxylic acids is 2. The molecule has 156 valence electrons. The number of thioether (sulfide) groups is 1. The predicted molar refractivity (Wildman–Crippen MR) is 132 cm³/mol. The van der Waals surface area contributed by atoms with E-state index in [0.717, 1.165) is 14.7 Å². The molecule has 2 N–H and O–H groups in total. The van der Waals surface area contributed by atoms with E-state index in [4.69, 9.17) is 33.3 Å². The van der Waals surface area contributed by atoms with Crippen molar-refractivity contribution in [1.82, 2.24) is 5.32 Å². The first-order valence-corrected chi connectivity index (χ1v) is 11.3. The zero-order chi connectivity index (χ0) is 21.8. The Morgan fingerprint density at radius 2 is 2.17 bits per heavy atom. The number of ether oxygens (including phenoxy) is 2. The van der Waals surface area contributed by atoms with Crippen LogP contribution in [0, 0.1) is 10.5 Å². The van der Waals surface area contributed by atoms with E-state index in [1.807, 2.05) is 13.0 Å². The van der Waals surface area contributed by atoms with Crippen LogP contribution in [0.5, 0.6) is 11.5 Å². The van der Waals surface area contributed by atoms with Crippen molar-refractivity contribution in [3.63, 3.8) is 0 Å². The molecule has 0 saturated carbocycles. The van der Waals surface area contributed by atoms with Crippen molar-refractivity contribution < 1.29 is 19.1 Å². The number of halogens is 2. The summed E-state index contributed by atoms with van der Waals surface area (Å²) >= 11 is 14.4. The summed E-state index contributed by atoms with van der Waals surface area (Å²) in [6, 6.07) is 8.86. The Bertz CT molecular complexity index is 1080. The molecule has 0 bridgehead atoms. The highest BCUT2D eigenvalue weighted by Crippen LogP contribution is 2.36. The fourth-order valence-corrected chi connectivity index (χ4v) is 4.60. The molecular weight excluding hydrogens is 559 g/mol. The molecule has 2 amide bonds. The number of hydrogen-bond acceptors (Lipinski definition) is 6. The van der Waals surface area contributed by atoms with Gasteiger partial charge in [0.1, 0.15) is 4.32 Å². The third-order valence-corrected chi connectivity index (χ3v) is 6.45. The average Bonchev–Trinajstić information content (AvgIpc) is 3.01. The van der Waals surface area contributed by atoms with Gasteiger partial charge in [-0.25, -0.2) is 0 Å². The summed E-state index contributed by atoms with van der Waals surface area (Å²) in [5, 5.41) is 5.94. The van der Waals surface area contributed by atoms with Crippen LogP contribution in [0.2, 0.25) is 5.02 Å². The molecule has 30 heavy (non-hydrogen) atoms. The number of carbonyl (C=O) groups is 2. The van der Waals surface area contributed by atoms with E-state index in [2.05, 4.69) is 33.2 Å². The Morgan fingerprint density at radius 3 is 2.83 bits per heavy atom. The fourth-order valence-electron chi connectivity index (χ4n) is 2.60. The molecule has 0 aliphatic carbocycles. The van der Waals surface area contributed by atoms with Crippen molar-refractivity contribution in [3.05, 3.63) is 55.0 Å². The van der Waals surface area contributed by atoms with Crippen molar-refractivity contribution in [3.8, 4) is 11.5 Å². The van der Waals surface area contributed by atoms with Gasteiger partial charge < -0.3 is 20.1 Å².